The Labute approximate surface area is 111 Å². The number of hydrogen-bond donors (Lipinski definition) is 3. The first-order valence-corrected chi connectivity index (χ1v) is 5.89. The number of carbonyl (C=O) groups is 1. The summed E-state index contributed by atoms with van der Waals surface area (Å²) in [4.78, 5) is 15.6. The van der Waals surface area contributed by atoms with E-state index in [0.717, 1.165) is 11.1 Å². The van der Waals surface area contributed by atoms with Gasteiger partial charge in [0.2, 0.25) is 0 Å². The number of aromatic nitrogens is 1. The van der Waals surface area contributed by atoms with Crippen LogP contribution in [0.1, 0.15) is 21.5 Å². The van der Waals surface area contributed by atoms with Crippen LogP contribution in [0.5, 0.6) is 5.75 Å². The highest BCUT2D eigenvalue weighted by Gasteiger charge is 2.06. The Morgan fingerprint density at radius 2 is 1.89 bits per heavy atom. The Bertz CT molecular complexity index is 567. The van der Waals surface area contributed by atoms with Crippen LogP contribution in [0.3, 0.4) is 0 Å². The molecule has 0 saturated heterocycles. The average molecular weight is 257 g/mol. The normalized spacial score (nSPS) is 10.2. The van der Waals surface area contributed by atoms with Crippen molar-refractivity contribution in [2.45, 2.75) is 13.1 Å². The van der Waals surface area contributed by atoms with Gasteiger partial charge in [-0.15, -0.1) is 0 Å². The van der Waals surface area contributed by atoms with Gasteiger partial charge in [0.05, 0.1) is 11.8 Å². The molecular formula is C14H15N3O2. The molecule has 0 aliphatic rings. The fourth-order valence-corrected chi connectivity index (χ4v) is 1.63. The Hall–Kier alpha value is -2.40. The van der Waals surface area contributed by atoms with Crippen LogP contribution in [0.15, 0.2) is 42.7 Å². The van der Waals surface area contributed by atoms with Crippen LogP contribution in [0.4, 0.5) is 0 Å². The summed E-state index contributed by atoms with van der Waals surface area (Å²) in [7, 11) is 0. The van der Waals surface area contributed by atoms with E-state index in [1.54, 1.807) is 0 Å². The molecule has 0 aliphatic heterocycles. The van der Waals surface area contributed by atoms with Gasteiger partial charge in [-0.3, -0.25) is 9.78 Å². The summed E-state index contributed by atoms with van der Waals surface area (Å²) in [6.45, 7) is 0.918. The van der Waals surface area contributed by atoms with Crippen molar-refractivity contribution in [3.8, 4) is 5.75 Å². The molecule has 1 aromatic heterocycles. The maximum atomic E-state index is 11.8. The number of benzene rings is 1. The zero-order valence-corrected chi connectivity index (χ0v) is 10.3. The third-order valence-corrected chi connectivity index (χ3v) is 2.70. The number of hydrogen-bond acceptors (Lipinski definition) is 4. The first kappa shape index (κ1) is 13.0. The minimum atomic E-state index is -0.272. The molecule has 1 heterocycles. The molecule has 2 rings (SSSR count). The van der Waals surface area contributed by atoms with Gasteiger partial charge < -0.3 is 16.2 Å². The average Bonchev–Trinajstić information content (AvgIpc) is 2.45. The summed E-state index contributed by atoms with van der Waals surface area (Å²) in [5.41, 5.74) is 7.88. The highest BCUT2D eigenvalue weighted by atomic mass is 16.3. The lowest BCUT2D eigenvalue weighted by Crippen LogP contribution is -2.22. The summed E-state index contributed by atoms with van der Waals surface area (Å²) in [6, 6.07) is 9.07. The molecule has 0 unspecified atom stereocenters. The minimum absolute atomic E-state index is 0.0278. The maximum absolute atomic E-state index is 11.8. The van der Waals surface area contributed by atoms with Crippen LogP contribution in [0.25, 0.3) is 0 Å². The summed E-state index contributed by atoms with van der Waals surface area (Å²) < 4.78 is 0. The quantitative estimate of drug-likeness (QED) is 0.767. The Kier molecular flexibility index (Phi) is 4.10. The second kappa shape index (κ2) is 5.97. The van der Waals surface area contributed by atoms with Gasteiger partial charge in [-0.2, -0.15) is 0 Å². The molecule has 0 radical (unpaired) electrons. The highest BCUT2D eigenvalue weighted by molar-refractivity contribution is 5.94. The maximum Gasteiger partial charge on any atom is 0.253 e. The van der Waals surface area contributed by atoms with E-state index >= 15 is 0 Å². The lowest BCUT2D eigenvalue weighted by molar-refractivity contribution is 0.0950. The second-order valence-corrected chi connectivity index (χ2v) is 4.14. The standard InChI is InChI=1S/C14H15N3O2/c15-6-10-1-3-11(4-2-10)7-17-14(19)12-5-13(18)9-16-8-12/h1-5,8-9,18H,6-7,15H2,(H,17,19). The summed E-state index contributed by atoms with van der Waals surface area (Å²) in [5.74, 6) is -0.300. The number of nitrogens with zero attached hydrogens (tertiary/aromatic N) is 1. The number of amides is 1. The molecule has 5 heteroatoms. The van der Waals surface area contributed by atoms with Crippen molar-refractivity contribution < 1.29 is 9.90 Å². The van der Waals surface area contributed by atoms with Crippen LogP contribution in [0.2, 0.25) is 0 Å². The fourth-order valence-electron chi connectivity index (χ4n) is 1.63. The van der Waals surface area contributed by atoms with Gasteiger partial charge in [0, 0.05) is 19.3 Å². The molecule has 0 spiro atoms. The first-order chi connectivity index (χ1) is 9.19. The van der Waals surface area contributed by atoms with Crippen molar-refractivity contribution in [3.63, 3.8) is 0 Å². The molecule has 1 aromatic carbocycles. The van der Waals surface area contributed by atoms with Gasteiger partial charge in [-0.05, 0) is 17.2 Å². The van der Waals surface area contributed by atoms with Gasteiger partial charge in [-0.25, -0.2) is 0 Å². The molecule has 0 atom stereocenters. The van der Waals surface area contributed by atoms with Gasteiger partial charge in [0.1, 0.15) is 5.75 Å². The van der Waals surface area contributed by atoms with E-state index in [1.165, 1.54) is 18.5 Å². The third kappa shape index (κ3) is 3.53. The van der Waals surface area contributed by atoms with Crippen molar-refractivity contribution >= 4 is 5.91 Å². The van der Waals surface area contributed by atoms with E-state index < -0.39 is 0 Å². The molecule has 0 bridgehead atoms. The molecule has 19 heavy (non-hydrogen) atoms. The van der Waals surface area contributed by atoms with E-state index in [2.05, 4.69) is 10.3 Å². The largest absolute Gasteiger partial charge is 0.506 e. The number of nitrogens with two attached hydrogens (primary N) is 1. The lowest BCUT2D eigenvalue weighted by atomic mass is 10.1. The van der Waals surface area contributed by atoms with Gasteiger partial charge in [-0.1, -0.05) is 24.3 Å². The van der Waals surface area contributed by atoms with Crippen molar-refractivity contribution in [2.75, 3.05) is 0 Å². The van der Waals surface area contributed by atoms with Crippen LogP contribution in [0, 0.1) is 0 Å². The zero-order chi connectivity index (χ0) is 13.7. The summed E-state index contributed by atoms with van der Waals surface area (Å²) >= 11 is 0. The zero-order valence-electron chi connectivity index (χ0n) is 10.3. The highest BCUT2D eigenvalue weighted by Crippen LogP contribution is 2.09. The van der Waals surface area contributed by atoms with Crippen LogP contribution >= 0.6 is 0 Å². The Morgan fingerprint density at radius 3 is 2.53 bits per heavy atom. The molecule has 5 nitrogen and oxygen atoms in total. The van der Waals surface area contributed by atoms with Crippen LogP contribution < -0.4 is 11.1 Å². The number of nitrogens with one attached hydrogen (secondary N) is 1. The summed E-state index contributed by atoms with van der Waals surface area (Å²) in [6.07, 6.45) is 2.69. The molecule has 2 aromatic rings. The predicted octanol–water partition coefficient (Wildman–Crippen LogP) is 1.18. The molecule has 0 aliphatic carbocycles. The number of rotatable bonds is 4. The van der Waals surface area contributed by atoms with E-state index in [0.29, 0.717) is 18.7 Å². The van der Waals surface area contributed by atoms with E-state index in [9.17, 15) is 9.90 Å². The van der Waals surface area contributed by atoms with E-state index in [4.69, 9.17) is 5.73 Å². The van der Waals surface area contributed by atoms with Crippen molar-refractivity contribution in [1.82, 2.24) is 10.3 Å². The van der Waals surface area contributed by atoms with Crippen molar-refractivity contribution in [3.05, 3.63) is 59.4 Å². The minimum Gasteiger partial charge on any atom is -0.506 e. The molecule has 1 amide bonds. The molecule has 98 valence electrons. The van der Waals surface area contributed by atoms with Gasteiger partial charge >= 0.3 is 0 Å². The SMILES string of the molecule is NCc1ccc(CNC(=O)c2cncc(O)c2)cc1. The predicted molar refractivity (Wildman–Crippen MR) is 71.4 cm³/mol. The first-order valence-electron chi connectivity index (χ1n) is 5.89. The fraction of sp³-hybridized carbons (Fsp3) is 0.143. The number of pyridine rings is 1. The van der Waals surface area contributed by atoms with Crippen LogP contribution in [-0.4, -0.2) is 16.0 Å². The second-order valence-electron chi connectivity index (χ2n) is 4.14. The number of aromatic hydroxyl groups is 1. The topological polar surface area (TPSA) is 88.2 Å². The monoisotopic (exact) mass is 257 g/mol. The van der Waals surface area contributed by atoms with E-state index in [1.807, 2.05) is 24.3 Å². The van der Waals surface area contributed by atoms with Crippen LogP contribution in [-0.2, 0) is 13.1 Å². The Morgan fingerprint density at radius 1 is 1.21 bits per heavy atom. The third-order valence-electron chi connectivity index (χ3n) is 2.70. The summed E-state index contributed by atoms with van der Waals surface area (Å²) in [5, 5.41) is 12.0. The Balaban J connectivity index is 1.96. The van der Waals surface area contributed by atoms with Crippen molar-refractivity contribution in [2.24, 2.45) is 5.73 Å². The van der Waals surface area contributed by atoms with Crippen molar-refractivity contribution in [1.29, 1.82) is 0 Å². The van der Waals surface area contributed by atoms with Gasteiger partial charge in [0.15, 0.2) is 0 Å². The lowest BCUT2D eigenvalue weighted by Gasteiger charge is -2.06. The smallest absolute Gasteiger partial charge is 0.253 e. The van der Waals surface area contributed by atoms with E-state index in [-0.39, 0.29) is 11.7 Å². The molecule has 0 saturated carbocycles. The van der Waals surface area contributed by atoms with Gasteiger partial charge in [0.25, 0.3) is 5.91 Å². The molecule has 4 N–H and O–H groups in total. The molecule has 0 fully saturated rings. The molecular weight excluding hydrogens is 242 g/mol. The number of carbonyl (C=O) groups excluding carboxylic acids is 1.